The van der Waals surface area contributed by atoms with Crippen molar-refractivity contribution in [1.82, 2.24) is 19.8 Å². The number of ether oxygens (including phenoxy) is 1. The van der Waals surface area contributed by atoms with Gasteiger partial charge in [-0.3, -0.25) is 19.1 Å². The molecule has 1 saturated heterocycles. The van der Waals surface area contributed by atoms with Gasteiger partial charge in [0.1, 0.15) is 11.4 Å². The number of carbonyl (C=O) groups is 1. The van der Waals surface area contributed by atoms with Crippen molar-refractivity contribution in [2.45, 2.75) is 58.9 Å². The lowest BCUT2D eigenvalue weighted by atomic mass is 10.00. The van der Waals surface area contributed by atoms with Gasteiger partial charge in [-0.2, -0.15) is 0 Å². The number of nitrogens with one attached hydrogen (secondary N) is 1. The van der Waals surface area contributed by atoms with Gasteiger partial charge in [-0.15, -0.1) is 11.3 Å². The van der Waals surface area contributed by atoms with Crippen molar-refractivity contribution in [2.75, 3.05) is 19.6 Å². The number of rotatable bonds is 6. The number of fused-ring (bicyclic) bond motifs is 1. The second kappa shape index (κ2) is 9.37. The van der Waals surface area contributed by atoms with Gasteiger partial charge in [0.15, 0.2) is 0 Å². The molecule has 176 valence electrons. The number of nitrogens with zero attached hydrogens (tertiary/aromatic N) is 3. The Bertz CT molecular complexity index is 1190. The van der Waals surface area contributed by atoms with Crippen molar-refractivity contribution >= 4 is 27.5 Å². The number of amides is 1. The summed E-state index contributed by atoms with van der Waals surface area (Å²) in [5.41, 5.74) is 2.58. The third-order valence-corrected chi connectivity index (χ3v) is 7.12. The van der Waals surface area contributed by atoms with Crippen LogP contribution in [0.2, 0.25) is 0 Å². The van der Waals surface area contributed by atoms with E-state index in [-0.39, 0.29) is 35.8 Å². The van der Waals surface area contributed by atoms with Crippen molar-refractivity contribution in [3.8, 4) is 11.1 Å². The van der Waals surface area contributed by atoms with Gasteiger partial charge < -0.3 is 10.1 Å². The maximum absolute atomic E-state index is 13.2. The molecule has 1 fully saturated rings. The fraction of sp³-hybridized carbons (Fsp3) is 0.480. The molecule has 3 aromatic rings. The third kappa shape index (κ3) is 5.18. The predicted molar refractivity (Wildman–Crippen MR) is 133 cm³/mol. The molecule has 0 saturated carbocycles. The summed E-state index contributed by atoms with van der Waals surface area (Å²) < 4.78 is 7.23. The molecule has 1 aromatic carbocycles. The molecule has 2 atom stereocenters. The van der Waals surface area contributed by atoms with Crippen LogP contribution in [-0.2, 0) is 16.1 Å². The second-order valence-electron chi connectivity index (χ2n) is 9.62. The lowest BCUT2D eigenvalue weighted by molar-refractivity contribution is -0.123. The van der Waals surface area contributed by atoms with Gasteiger partial charge in [0.05, 0.1) is 23.9 Å². The Morgan fingerprint density at radius 3 is 2.55 bits per heavy atom. The molecule has 3 heterocycles. The van der Waals surface area contributed by atoms with Crippen LogP contribution in [0.3, 0.4) is 0 Å². The number of morpholine rings is 1. The Balaban J connectivity index is 1.48. The Labute approximate surface area is 198 Å². The van der Waals surface area contributed by atoms with E-state index in [4.69, 9.17) is 4.74 Å². The molecule has 8 heteroatoms. The molecule has 0 unspecified atom stereocenters. The molecule has 0 spiro atoms. The fourth-order valence-corrected chi connectivity index (χ4v) is 5.24. The molecule has 7 nitrogen and oxygen atoms in total. The summed E-state index contributed by atoms with van der Waals surface area (Å²) in [4.78, 5) is 33.5. The Kier molecular flexibility index (Phi) is 6.70. The molecular formula is C25H32N4O3S. The molecule has 1 aliphatic heterocycles. The molecule has 0 aliphatic carbocycles. The van der Waals surface area contributed by atoms with Gasteiger partial charge in [-0.05, 0) is 40.2 Å². The van der Waals surface area contributed by atoms with Gasteiger partial charge in [-0.1, -0.05) is 29.8 Å². The summed E-state index contributed by atoms with van der Waals surface area (Å²) >= 11 is 1.44. The summed E-state index contributed by atoms with van der Waals surface area (Å²) in [5.74, 6) is -0.201. The van der Waals surface area contributed by atoms with Crippen LogP contribution in [-0.4, -0.2) is 57.7 Å². The highest BCUT2D eigenvalue weighted by atomic mass is 32.1. The zero-order valence-electron chi connectivity index (χ0n) is 19.9. The molecular weight excluding hydrogens is 436 g/mol. The van der Waals surface area contributed by atoms with E-state index in [0.717, 1.165) is 29.8 Å². The highest BCUT2D eigenvalue weighted by Crippen LogP contribution is 2.30. The number of thiophene rings is 1. The highest BCUT2D eigenvalue weighted by molar-refractivity contribution is 7.17. The SMILES string of the molecule is Cc1ccc(-c2csc3ncn(CC(=O)NCC(C)(C)N4C[C@H](C)O[C@@H](C)C4)c(=O)c23)cc1. The highest BCUT2D eigenvalue weighted by Gasteiger charge is 2.33. The molecule has 33 heavy (non-hydrogen) atoms. The van der Waals surface area contributed by atoms with Gasteiger partial charge in [-0.25, -0.2) is 4.98 Å². The smallest absolute Gasteiger partial charge is 0.263 e. The van der Waals surface area contributed by atoms with Gasteiger partial charge in [0, 0.05) is 36.1 Å². The Hall–Kier alpha value is -2.55. The molecule has 1 amide bonds. The molecule has 4 rings (SSSR count). The first-order valence-corrected chi connectivity index (χ1v) is 12.2. The zero-order chi connectivity index (χ0) is 23.8. The van der Waals surface area contributed by atoms with E-state index in [0.29, 0.717) is 16.8 Å². The van der Waals surface area contributed by atoms with Crippen LogP contribution in [0.25, 0.3) is 21.3 Å². The van der Waals surface area contributed by atoms with E-state index >= 15 is 0 Å². The average molecular weight is 469 g/mol. The first-order valence-electron chi connectivity index (χ1n) is 11.3. The average Bonchev–Trinajstić information content (AvgIpc) is 3.19. The summed E-state index contributed by atoms with van der Waals surface area (Å²) in [6.07, 6.45) is 1.79. The largest absolute Gasteiger partial charge is 0.373 e. The summed E-state index contributed by atoms with van der Waals surface area (Å²) in [7, 11) is 0. The normalized spacial score (nSPS) is 19.7. The number of carbonyl (C=O) groups excluding carboxylic acids is 1. The number of hydrogen-bond acceptors (Lipinski definition) is 6. The molecule has 2 aromatic heterocycles. The molecule has 1 N–H and O–H groups in total. The maximum Gasteiger partial charge on any atom is 0.263 e. The first-order chi connectivity index (χ1) is 15.6. The van der Waals surface area contributed by atoms with E-state index in [2.05, 4.69) is 42.9 Å². The molecule has 1 aliphatic rings. The summed E-state index contributed by atoms with van der Waals surface area (Å²) in [6, 6.07) is 8.07. The van der Waals surface area contributed by atoms with Crippen molar-refractivity contribution < 1.29 is 9.53 Å². The number of hydrogen-bond donors (Lipinski definition) is 1. The van der Waals surface area contributed by atoms with Gasteiger partial charge in [0.2, 0.25) is 5.91 Å². The Morgan fingerprint density at radius 1 is 1.21 bits per heavy atom. The van der Waals surface area contributed by atoms with Crippen LogP contribution in [0.4, 0.5) is 0 Å². The lowest BCUT2D eigenvalue weighted by Gasteiger charge is -2.45. The third-order valence-electron chi connectivity index (χ3n) is 6.23. The minimum Gasteiger partial charge on any atom is -0.373 e. The number of aromatic nitrogens is 2. The van der Waals surface area contributed by atoms with E-state index < -0.39 is 0 Å². The van der Waals surface area contributed by atoms with Crippen LogP contribution in [0.5, 0.6) is 0 Å². The quantitative estimate of drug-likeness (QED) is 0.600. The maximum atomic E-state index is 13.2. The van der Waals surface area contributed by atoms with Crippen molar-refractivity contribution in [2.24, 2.45) is 0 Å². The Morgan fingerprint density at radius 2 is 1.88 bits per heavy atom. The minimum absolute atomic E-state index is 0.0586. The van der Waals surface area contributed by atoms with E-state index in [1.807, 2.05) is 36.6 Å². The topological polar surface area (TPSA) is 76.5 Å². The van der Waals surface area contributed by atoms with Crippen LogP contribution in [0.15, 0.2) is 40.8 Å². The molecule has 0 bridgehead atoms. The lowest BCUT2D eigenvalue weighted by Crippen LogP contribution is -2.58. The number of aryl methyl sites for hydroxylation is 1. The fourth-order valence-electron chi connectivity index (χ4n) is 4.34. The van der Waals surface area contributed by atoms with Crippen molar-refractivity contribution in [1.29, 1.82) is 0 Å². The standard InChI is InChI=1S/C25H32N4O3S/c1-16-6-8-19(9-7-16)20-13-33-23-22(20)24(31)28(15-27-23)12-21(30)26-14-25(4,5)29-10-17(2)32-18(3)11-29/h6-9,13,15,17-18H,10-12,14H2,1-5H3,(H,26,30)/t17-,18-/m0/s1. The number of benzene rings is 1. The van der Waals surface area contributed by atoms with Crippen LogP contribution in [0.1, 0.15) is 33.3 Å². The first kappa shape index (κ1) is 23.6. The van der Waals surface area contributed by atoms with Crippen LogP contribution < -0.4 is 10.9 Å². The molecule has 0 radical (unpaired) electrons. The van der Waals surface area contributed by atoms with Crippen molar-refractivity contribution in [3.05, 3.63) is 51.9 Å². The van der Waals surface area contributed by atoms with E-state index in [9.17, 15) is 9.59 Å². The van der Waals surface area contributed by atoms with Crippen LogP contribution >= 0.6 is 11.3 Å². The van der Waals surface area contributed by atoms with E-state index in [1.54, 1.807) is 0 Å². The predicted octanol–water partition coefficient (Wildman–Crippen LogP) is 3.44. The summed E-state index contributed by atoms with van der Waals surface area (Å²) in [5, 5.41) is 5.54. The van der Waals surface area contributed by atoms with Crippen LogP contribution in [0, 0.1) is 6.92 Å². The summed E-state index contributed by atoms with van der Waals surface area (Å²) in [6.45, 7) is 12.5. The van der Waals surface area contributed by atoms with Crippen molar-refractivity contribution in [3.63, 3.8) is 0 Å². The zero-order valence-corrected chi connectivity index (χ0v) is 20.7. The monoisotopic (exact) mass is 468 g/mol. The van der Waals surface area contributed by atoms with E-state index in [1.165, 1.54) is 22.2 Å². The minimum atomic E-state index is -0.221. The van der Waals surface area contributed by atoms with Gasteiger partial charge in [0.25, 0.3) is 5.56 Å². The second-order valence-corrected chi connectivity index (χ2v) is 10.5. The van der Waals surface area contributed by atoms with Gasteiger partial charge >= 0.3 is 0 Å².